The number of amides is 1. The summed E-state index contributed by atoms with van der Waals surface area (Å²) in [7, 11) is 0. The molecule has 4 aromatic rings. The molecule has 0 N–H and O–H groups in total. The van der Waals surface area contributed by atoms with Crippen molar-refractivity contribution in [3.63, 3.8) is 0 Å². The Morgan fingerprint density at radius 1 is 0.938 bits per heavy atom. The molecule has 0 aliphatic carbocycles. The molecule has 0 spiro atoms. The van der Waals surface area contributed by atoms with Crippen LogP contribution in [-0.2, 0) is 13.2 Å². The number of fused-ring (bicyclic) bond motifs is 1. The minimum absolute atomic E-state index is 0.0841. The van der Waals surface area contributed by atoms with E-state index in [9.17, 15) is 4.79 Å². The molecule has 2 heterocycles. The zero-order valence-electron chi connectivity index (χ0n) is 17.8. The van der Waals surface area contributed by atoms with Crippen LogP contribution in [0.4, 0.5) is 0 Å². The zero-order chi connectivity index (χ0) is 21.8. The third-order valence-electron chi connectivity index (χ3n) is 5.90. The van der Waals surface area contributed by atoms with Crippen molar-refractivity contribution < 1.29 is 9.53 Å². The van der Waals surface area contributed by atoms with Crippen molar-refractivity contribution in [2.24, 2.45) is 0 Å². The first-order valence-electron chi connectivity index (χ1n) is 10.8. The van der Waals surface area contributed by atoms with Gasteiger partial charge in [0.05, 0.1) is 11.2 Å². The van der Waals surface area contributed by atoms with Crippen molar-refractivity contribution in [3.8, 4) is 5.75 Å². The van der Waals surface area contributed by atoms with Gasteiger partial charge in [-0.05, 0) is 40.6 Å². The maximum absolute atomic E-state index is 13.0. The van der Waals surface area contributed by atoms with Gasteiger partial charge in [-0.15, -0.1) is 11.3 Å². The largest absolute Gasteiger partial charge is 0.487 e. The van der Waals surface area contributed by atoms with E-state index in [4.69, 9.17) is 4.74 Å². The summed E-state index contributed by atoms with van der Waals surface area (Å²) in [6.45, 7) is 4.59. The Labute approximate surface area is 191 Å². The Kier molecular flexibility index (Phi) is 6.14. The molecule has 0 unspecified atom stereocenters. The van der Waals surface area contributed by atoms with Crippen LogP contribution in [0, 0.1) is 0 Å². The van der Waals surface area contributed by atoms with Gasteiger partial charge in [-0.1, -0.05) is 42.5 Å². The van der Waals surface area contributed by atoms with Gasteiger partial charge in [-0.25, -0.2) is 4.98 Å². The second-order valence-electron chi connectivity index (χ2n) is 8.00. The highest BCUT2D eigenvalue weighted by molar-refractivity contribution is 7.07. The Balaban J connectivity index is 1.15. The SMILES string of the molecule is O=C(c1ccc(OCc2cscn2)cc1)N1CCN(Cc2cccc3ccccc23)CC1. The predicted molar refractivity (Wildman–Crippen MR) is 128 cm³/mol. The van der Waals surface area contributed by atoms with Crippen molar-refractivity contribution in [1.82, 2.24) is 14.8 Å². The number of piperazine rings is 1. The Morgan fingerprint density at radius 2 is 1.72 bits per heavy atom. The summed E-state index contributed by atoms with van der Waals surface area (Å²) >= 11 is 1.55. The van der Waals surface area contributed by atoms with E-state index in [2.05, 4.69) is 52.3 Å². The van der Waals surface area contributed by atoms with E-state index in [1.807, 2.05) is 34.5 Å². The lowest BCUT2D eigenvalue weighted by molar-refractivity contribution is 0.0629. The quantitative estimate of drug-likeness (QED) is 0.428. The molecule has 1 fully saturated rings. The molecule has 1 aliphatic heterocycles. The van der Waals surface area contributed by atoms with Crippen LogP contribution in [0.25, 0.3) is 10.8 Å². The lowest BCUT2D eigenvalue weighted by Gasteiger charge is -2.35. The highest BCUT2D eigenvalue weighted by atomic mass is 32.1. The highest BCUT2D eigenvalue weighted by Gasteiger charge is 2.22. The van der Waals surface area contributed by atoms with E-state index < -0.39 is 0 Å². The standard InChI is InChI=1S/C26H25N3O2S/c30-26(21-8-10-24(11-9-21)31-17-23-18-32-19-27-23)29-14-12-28(13-15-29)16-22-6-3-5-20-4-1-2-7-25(20)22/h1-11,18-19H,12-17H2. The molecule has 1 aromatic heterocycles. The van der Waals surface area contributed by atoms with E-state index in [1.54, 1.807) is 16.8 Å². The van der Waals surface area contributed by atoms with Crippen LogP contribution in [0.1, 0.15) is 21.6 Å². The van der Waals surface area contributed by atoms with Gasteiger partial charge in [-0.2, -0.15) is 0 Å². The molecule has 0 bridgehead atoms. The summed E-state index contributed by atoms with van der Waals surface area (Å²) in [5, 5.41) is 4.56. The summed E-state index contributed by atoms with van der Waals surface area (Å²) in [4.78, 5) is 21.5. The van der Waals surface area contributed by atoms with Gasteiger partial charge >= 0.3 is 0 Å². The summed E-state index contributed by atoms with van der Waals surface area (Å²) in [5.74, 6) is 0.829. The number of rotatable bonds is 6. The number of hydrogen-bond acceptors (Lipinski definition) is 5. The van der Waals surface area contributed by atoms with Crippen LogP contribution in [0.2, 0.25) is 0 Å². The monoisotopic (exact) mass is 443 g/mol. The maximum atomic E-state index is 13.0. The summed E-state index contributed by atoms with van der Waals surface area (Å²) in [6, 6.07) is 22.4. The van der Waals surface area contributed by atoms with Crippen LogP contribution in [-0.4, -0.2) is 46.9 Å². The smallest absolute Gasteiger partial charge is 0.253 e. The molecule has 6 heteroatoms. The van der Waals surface area contributed by atoms with Crippen LogP contribution in [0.3, 0.4) is 0 Å². The van der Waals surface area contributed by atoms with Crippen molar-refractivity contribution in [2.75, 3.05) is 26.2 Å². The molecule has 1 aliphatic rings. The molecule has 32 heavy (non-hydrogen) atoms. The molecule has 0 radical (unpaired) electrons. The first kappa shape index (κ1) is 20.7. The summed E-state index contributed by atoms with van der Waals surface area (Å²) in [6.07, 6.45) is 0. The second kappa shape index (κ2) is 9.51. The molecular weight excluding hydrogens is 418 g/mol. The average Bonchev–Trinajstić information content (AvgIpc) is 3.37. The summed E-state index contributed by atoms with van der Waals surface area (Å²) < 4.78 is 5.74. The number of thiazole rings is 1. The predicted octanol–water partition coefficient (Wildman–Crippen LogP) is 4.83. The van der Waals surface area contributed by atoms with Gasteiger partial charge in [0.25, 0.3) is 5.91 Å². The minimum atomic E-state index is 0.0841. The molecule has 162 valence electrons. The lowest BCUT2D eigenvalue weighted by atomic mass is 10.0. The van der Waals surface area contributed by atoms with Crippen LogP contribution >= 0.6 is 11.3 Å². The number of aromatic nitrogens is 1. The van der Waals surface area contributed by atoms with Gasteiger partial charge in [0, 0.05) is 43.7 Å². The number of hydrogen-bond donors (Lipinski definition) is 0. The number of carbonyl (C=O) groups excluding carboxylic acids is 1. The Morgan fingerprint density at radius 3 is 2.50 bits per heavy atom. The van der Waals surface area contributed by atoms with Crippen molar-refractivity contribution in [2.45, 2.75) is 13.2 Å². The fourth-order valence-electron chi connectivity index (χ4n) is 4.12. The lowest BCUT2D eigenvalue weighted by Crippen LogP contribution is -2.48. The number of ether oxygens (including phenoxy) is 1. The maximum Gasteiger partial charge on any atom is 0.253 e. The molecule has 3 aromatic carbocycles. The van der Waals surface area contributed by atoms with Crippen molar-refractivity contribution in [3.05, 3.63) is 94.4 Å². The molecule has 0 atom stereocenters. The van der Waals surface area contributed by atoms with Crippen LogP contribution < -0.4 is 4.74 Å². The minimum Gasteiger partial charge on any atom is -0.487 e. The topological polar surface area (TPSA) is 45.7 Å². The van der Waals surface area contributed by atoms with Gasteiger partial charge in [0.2, 0.25) is 0 Å². The molecule has 5 rings (SSSR count). The van der Waals surface area contributed by atoms with Gasteiger partial charge < -0.3 is 9.64 Å². The molecular formula is C26H25N3O2S. The first-order chi connectivity index (χ1) is 15.8. The first-order valence-corrected chi connectivity index (χ1v) is 11.8. The fraction of sp³-hybridized carbons (Fsp3) is 0.231. The number of benzene rings is 3. The fourth-order valence-corrected chi connectivity index (χ4v) is 4.67. The van der Waals surface area contributed by atoms with Crippen molar-refractivity contribution in [1.29, 1.82) is 0 Å². The summed E-state index contributed by atoms with van der Waals surface area (Å²) in [5.41, 5.74) is 4.75. The molecule has 0 saturated carbocycles. The molecule has 1 amide bonds. The van der Waals surface area contributed by atoms with E-state index >= 15 is 0 Å². The average molecular weight is 444 g/mol. The Bertz CT molecular complexity index is 1180. The third kappa shape index (κ3) is 4.66. The number of nitrogens with zero attached hydrogens (tertiary/aromatic N) is 3. The van der Waals surface area contributed by atoms with Crippen LogP contribution in [0.15, 0.2) is 77.6 Å². The van der Waals surface area contributed by atoms with E-state index in [0.717, 1.165) is 44.2 Å². The highest BCUT2D eigenvalue weighted by Crippen LogP contribution is 2.21. The Hall–Kier alpha value is -3.22. The third-order valence-corrected chi connectivity index (χ3v) is 6.54. The van der Waals surface area contributed by atoms with Crippen molar-refractivity contribution >= 4 is 28.0 Å². The molecule has 1 saturated heterocycles. The molecule has 5 nitrogen and oxygen atoms in total. The van der Waals surface area contributed by atoms with E-state index in [-0.39, 0.29) is 5.91 Å². The van der Waals surface area contributed by atoms with Gasteiger partial charge in [-0.3, -0.25) is 9.69 Å². The normalized spacial score (nSPS) is 14.6. The zero-order valence-corrected chi connectivity index (χ0v) is 18.6. The van der Waals surface area contributed by atoms with Gasteiger partial charge in [0.1, 0.15) is 12.4 Å². The second-order valence-corrected chi connectivity index (χ2v) is 8.72. The van der Waals surface area contributed by atoms with Crippen LogP contribution in [0.5, 0.6) is 5.75 Å². The van der Waals surface area contributed by atoms with E-state index in [0.29, 0.717) is 12.2 Å². The van der Waals surface area contributed by atoms with E-state index in [1.165, 1.54) is 16.3 Å². The number of carbonyl (C=O) groups is 1. The van der Waals surface area contributed by atoms with Gasteiger partial charge in [0.15, 0.2) is 0 Å².